The predicted octanol–water partition coefficient (Wildman–Crippen LogP) is 2.93. The summed E-state index contributed by atoms with van der Waals surface area (Å²) in [6, 6.07) is 15.2. The highest BCUT2D eigenvalue weighted by Gasteiger charge is 2.29. The zero-order valence-corrected chi connectivity index (χ0v) is 19.5. The number of sulfonamides is 1. The second-order valence-electron chi connectivity index (χ2n) is 8.36. The molecule has 168 valence electrons. The average Bonchev–Trinajstić information content (AvgIpc) is 2.77. The number of aryl methyl sites for hydroxylation is 1. The Kier molecular flexibility index (Phi) is 7.86. The Hall–Kier alpha value is -2.22. The molecule has 2 aromatic rings. The van der Waals surface area contributed by atoms with Crippen LogP contribution in [-0.4, -0.2) is 63.3 Å². The smallest absolute Gasteiger partial charge is 0.251 e. The van der Waals surface area contributed by atoms with Crippen molar-refractivity contribution in [2.75, 3.05) is 39.8 Å². The molecule has 0 saturated carbocycles. The Morgan fingerprint density at radius 2 is 1.74 bits per heavy atom. The van der Waals surface area contributed by atoms with Gasteiger partial charge >= 0.3 is 0 Å². The minimum absolute atomic E-state index is 0.223. The number of hydrogen-bond acceptors (Lipinski definition) is 4. The Morgan fingerprint density at radius 1 is 1.06 bits per heavy atom. The Bertz CT molecular complexity index is 984. The molecule has 0 unspecified atom stereocenters. The fraction of sp³-hybridized carbons (Fsp3) is 0.458. The van der Waals surface area contributed by atoms with Crippen molar-refractivity contribution in [2.45, 2.75) is 31.6 Å². The van der Waals surface area contributed by atoms with E-state index in [4.69, 9.17) is 0 Å². The molecule has 1 aliphatic rings. The summed E-state index contributed by atoms with van der Waals surface area (Å²) in [5.41, 5.74) is 2.29. The van der Waals surface area contributed by atoms with Gasteiger partial charge in [0.2, 0.25) is 10.0 Å². The minimum atomic E-state index is -3.62. The molecule has 0 spiro atoms. The quantitative estimate of drug-likeness (QED) is 0.681. The number of carbonyl (C=O) groups is 1. The molecule has 1 fully saturated rings. The molecule has 31 heavy (non-hydrogen) atoms. The summed E-state index contributed by atoms with van der Waals surface area (Å²) in [5, 5.41) is 3.00. The number of hydrogen-bond donors (Lipinski definition) is 1. The summed E-state index contributed by atoms with van der Waals surface area (Å²) >= 11 is 0. The Morgan fingerprint density at radius 3 is 2.39 bits per heavy atom. The molecule has 3 rings (SSSR count). The number of carbonyl (C=O) groups excluding carboxylic acids is 1. The van der Waals surface area contributed by atoms with Crippen LogP contribution in [0.5, 0.6) is 0 Å². The van der Waals surface area contributed by atoms with Crippen molar-refractivity contribution in [2.24, 2.45) is 5.92 Å². The summed E-state index contributed by atoms with van der Waals surface area (Å²) in [7, 11) is -1.63. The van der Waals surface area contributed by atoms with E-state index in [1.54, 1.807) is 19.1 Å². The van der Waals surface area contributed by atoms with Crippen LogP contribution < -0.4 is 5.32 Å². The maximum atomic E-state index is 13.2. The van der Waals surface area contributed by atoms with Crippen LogP contribution in [0.4, 0.5) is 0 Å². The molecular weight excluding hydrogens is 410 g/mol. The summed E-state index contributed by atoms with van der Waals surface area (Å²) in [4.78, 5) is 15.1. The summed E-state index contributed by atoms with van der Waals surface area (Å²) in [6.45, 7) is 6.79. The predicted molar refractivity (Wildman–Crippen MR) is 124 cm³/mol. The molecule has 1 saturated heterocycles. The molecule has 0 radical (unpaired) electrons. The van der Waals surface area contributed by atoms with Crippen molar-refractivity contribution in [1.29, 1.82) is 0 Å². The van der Waals surface area contributed by atoms with Gasteiger partial charge in [0, 0.05) is 38.3 Å². The monoisotopic (exact) mass is 443 g/mol. The van der Waals surface area contributed by atoms with Crippen LogP contribution in [0.25, 0.3) is 0 Å². The van der Waals surface area contributed by atoms with Gasteiger partial charge in [-0.2, -0.15) is 4.31 Å². The van der Waals surface area contributed by atoms with Gasteiger partial charge < -0.3 is 10.2 Å². The van der Waals surface area contributed by atoms with Crippen molar-refractivity contribution in [3.05, 3.63) is 65.2 Å². The first kappa shape index (κ1) is 23.4. The van der Waals surface area contributed by atoms with Gasteiger partial charge in [-0.1, -0.05) is 49.7 Å². The molecular formula is C24H33N3O3S. The highest BCUT2D eigenvalue weighted by molar-refractivity contribution is 7.89. The number of likely N-dealkylation sites (N-methyl/N-ethyl adjacent to an activating group) is 1. The molecule has 1 N–H and O–H groups in total. The lowest BCUT2D eigenvalue weighted by Gasteiger charge is -2.32. The number of nitrogens with one attached hydrogen (secondary N) is 1. The number of benzene rings is 2. The van der Waals surface area contributed by atoms with Crippen LogP contribution in [0.2, 0.25) is 0 Å². The largest absolute Gasteiger partial charge is 0.352 e. The van der Waals surface area contributed by atoms with E-state index >= 15 is 0 Å². The Balaban J connectivity index is 1.69. The van der Waals surface area contributed by atoms with Crippen LogP contribution in [-0.2, 0) is 16.4 Å². The van der Waals surface area contributed by atoms with Gasteiger partial charge in [0.25, 0.3) is 5.91 Å². The highest BCUT2D eigenvalue weighted by atomic mass is 32.2. The van der Waals surface area contributed by atoms with Crippen LogP contribution in [0, 0.1) is 12.8 Å². The zero-order valence-electron chi connectivity index (χ0n) is 18.7. The molecule has 2 aromatic carbocycles. The lowest BCUT2D eigenvalue weighted by atomic mass is 9.97. The topological polar surface area (TPSA) is 69.7 Å². The number of amides is 1. The molecule has 1 amide bonds. The molecule has 0 aromatic heterocycles. The normalized spacial score (nSPS) is 16.7. The van der Waals surface area contributed by atoms with Crippen LogP contribution in [0.3, 0.4) is 0 Å². The third-order valence-corrected chi connectivity index (χ3v) is 8.07. The SMILES string of the molecule is CC[C@H](CNC(=O)c1ccc(C)c(S(=O)(=O)N2CCN(C)CC2)c1)Cc1ccccc1. The molecule has 0 bridgehead atoms. The maximum absolute atomic E-state index is 13.2. The number of nitrogens with zero attached hydrogens (tertiary/aromatic N) is 2. The van der Waals surface area contributed by atoms with Gasteiger partial charge in [-0.15, -0.1) is 0 Å². The molecule has 0 aliphatic carbocycles. The summed E-state index contributed by atoms with van der Waals surface area (Å²) < 4.78 is 27.9. The second kappa shape index (κ2) is 10.4. The molecule has 1 aliphatic heterocycles. The second-order valence-corrected chi connectivity index (χ2v) is 10.3. The van der Waals surface area contributed by atoms with Gasteiger partial charge in [0.15, 0.2) is 0 Å². The average molecular weight is 444 g/mol. The minimum Gasteiger partial charge on any atom is -0.352 e. The van der Waals surface area contributed by atoms with E-state index in [0.29, 0.717) is 49.8 Å². The first-order valence-electron chi connectivity index (χ1n) is 10.9. The zero-order chi connectivity index (χ0) is 22.4. The van der Waals surface area contributed by atoms with Crippen molar-refractivity contribution in [3.63, 3.8) is 0 Å². The van der Waals surface area contributed by atoms with Crippen LogP contribution in [0.1, 0.15) is 34.8 Å². The molecule has 1 atom stereocenters. The molecule has 1 heterocycles. The third-order valence-electron chi connectivity index (χ3n) is 6.03. The van der Waals surface area contributed by atoms with Crippen molar-refractivity contribution in [3.8, 4) is 0 Å². The van der Waals surface area contributed by atoms with Crippen molar-refractivity contribution in [1.82, 2.24) is 14.5 Å². The van der Waals surface area contributed by atoms with Gasteiger partial charge in [0.05, 0.1) is 4.90 Å². The van der Waals surface area contributed by atoms with Crippen LogP contribution >= 0.6 is 0 Å². The lowest BCUT2D eigenvalue weighted by molar-refractivity contribution is 0.0946. The number of rotatable bonds is 8. The maximum Gasteiger partial charge on any atom is 0.251 e. The van der Waals surface area contributed by atoms with Crippen molar-refractivity contribution < 1.29 is 13.2 Å². The van der Waals surface area contributed by atoms with Crippen LogP contribution in [0.15, 0.2) is 53.4 Å². The highest BCUT2D eigenvalue weighted by Crippen LogP contribution is 2.23. The first-order valence-corrected chi connectivity index (χ1v) is 12.4. The van der Waals surface area contributed by atoms with E-state index in [9.17, 15) is 13.2 Å². The summed E-state index contributed by atoms with van der Waals surface area (Å²) in [6.07, 6.45) is 1.85. The van der Waals surface area contributed by atoms with E-state index < -0.39 is 10.0 Å². The number of piperazine rings is 1. The van der Waals surface area contributed by atoms with E-state index in [1.807, 2.05) is 25.2 Å². The molecule has 7 heteroatoms. The third kappa shape index (κ3) is 5.93. The van der Waals surface area contributed by atoms with E-state index in [0.717, 1.165) is 12.8 Å². The van der Waals surface area contributed by atoms with E-state index in [1.165, 1.54) is 15.9 Å². The molecule has 6 nitrogen and oxygen atoms in total. The van der Waals surface area contributed by atoms with E-state index in [2.05, 4.69) is 29.3 Å². The fourth-order valence-corrected chi connectivity index (χ4v) is 5.51. The van der Waals surface area contributed by atoms with Crippen molar-refractivity contribution >= 4 is 15.9 Å². The Labute approximate surface area is 186 Å². The fourth-order valence-electron chi connectivity index (χ4n) is 3.83. The van der Waals surface area contributed by atoms with Gasteiger partial charge in [-0.25, -0.2) is 8.42 Å². The summed E-state index contributed by atoms with van der Waals surface area (Å²) in [5.74, 6) is 0.0895. The standard InChI is InChI=1S/C24H33N3O3S/c1-4-20(16-21-8-6-5-7-9-21)18-25-24(28)22-11-10-19(2)23(17-22)31(29,30)27-14-12-26(3)13-15-27/h5-11,17,20H,4,12-16,18H2,1-3H3,(H,25,28)/t20-/m0/s1. The van der Waals surface area contributed by atoms with Gasteiger partial charge in [-0.3, -0.25) is 4.79 Å². The van der Waals surface area contributed by atoms with E-state index in [-0.39, 0.29) is 10.8 Å². The van der Waals surface area contributed by atoms with Gasteiger partial charge in [0.1, 0.15) is 0 Å². The van der Waals surface area contributed by atoms with Gasteiger partial charge in [-0.05, 0) is 49.6 Å². The first-order chi connectivity index (χ1) is 14.8. The lowest BCUT2D eigenvalue weighted by Crippen LogP contribution is -2.47.